The van der Waals surface area contributed by atoms with E-state index in [1.54, 1.807) is 0 Å². The first-order valence-corrected chi connectivity index (χ1v) is 4.92. The Labute approximate surface area is 94.5 Å². The second kappa shape index (κ2) is 4.04. The first kappa shape index (κ1) is 12.4. The molecule has 0 aliphatic rings. The van der Waals surface area contributed by atoms with Crippen molar-refractivity contribution in [1.82, 2.24) is 0 Å². The van der Waals surface area contributed by atoms with Crippen molar-refractivity contribution in [1.29, 1.82) is 0 Å². The molecule has 1 aromatic carbocycles. The average Bonchev–Trinajstić information content (AvgIpc) is 2.14. The minimum atomic E-state index is -1.11. The molecule has 16 heavy (non-hydrogen) atoms. The fraction of sp³-hybridized carbons (Fsp3) is 0.417. The standard InChI is InChI=1S/C12H16O4/c1-12(2,3)7-5-8(11(14)15)10(16-4)9(13)6-7/h5-6,13H,1-4H3,(H,14,15). The molecule has 4 nitrogen and oxygen atoms in total. The number of aromatic carboxylic acids is 1. The molecule has 0 heterocycles. The molecule has 0 aromatic heterocycles. The van der Waals surface area contributed by atoms with Crippen LogP contribution < -0.4 is 4.74 Å². The zero-order valence-corrected chi connectivity index (χ0v) is 9.87. The van der Waals surface area contributed by atoms with Gasteiger partial charge in [0.1, 0.15) is 5.56 Å². The first-order valence-electron chi connectivity index (χ1n) is 4.92. The third-order valence-corrected chi connectivity index (χ3v) is 2.37. The van der Waals surface area contributed by atoms with Crippen molar-refractivity contribution in [3.8, 4) is 11.5 Å². The number of ether oxygens (including phenoxy) is 1. The first-order chi connectivity index (χ1) is 7.27. The van der Waals surface area contributed by atoms with Crippen molar-refractivity contribution >= 4 is 5.97 Å². The molecule has 0 saturated carbocycles. The molecular weight excluding hydrogens is 208 g/mol. The highest BCUT2D eigenvalue weighted by atomic mass is 16.5. The highest BCUT2D eigenvalue weighted by molar-refractivity contribution is 5.92. The molecule has 88 valence electrons. The number of phenols is 1. The van der Waals surface area contributed by atoms with Crippen LogP contribution in [-0.2, 0) is 5.41 Å². The number of methoxy groups -OCH3 is 1. The number of hydrogen-bond acceptors (Lipinski definition) is 3. The van der Waals surface area contributed by atoms with E-state index in [0.717, 1.165) is 5.56 Å². The van der Waals surface area contributed by atoms with Gasteiger partial charge in [-0.25, -0.2) is 4.79 Å². The fourth-order valence-electron chi connectivity index (χ4n) is 1.42. The predicted molar refractivity (Wildman–Crippen MR) is 60.3 cm³/mol. The Kier molecular flexibility index (Phi) is 3.12. The van der Waals surface area contributed by atoms with E-state index in [9.17, 15) is 9.90 Å². The molecular formula is C12H16O4. The normalized spacial score (nSPS) is 11.2. The average molecular weight is 224 g/mol. The molecule has 4 heteroatoms. The molecule has 1 rings (SSSR count). The van der Waals surface area contributed by atoms with Gasteiger partial charge in [-0.15, -0.1) is 0 Å². The van der Waals surface area contributed by atoms with E-state index >= 15 is 0 Å². The van der Waals surface area contributed by atoms with Crippen LogP contribution >= 0.6 is 0 Å². The van der Waals surface area contributed by atoms with Crippen LogP contribution in [0.25, 0.3) is 0 Å². The molecule has 0 aliphatic heterocycles. The van der Waals surface area contributed by atoms with Gasteiger partial charge in [0.05, 0.1) is 7.11 Å². The van der Waals surface area contributed by atoms with Crippen LogP contribution in [-0.4, -0.2) is 23.3 Å². The summed E-state index contributed by atoms with van der Waals surface area (Å²) in [6.07, 6.45) is 0. The Morgan fingerprint density at radius 3 is 2.25 bits per heavy atom. The zero-order valence-electron chi connectivity index (χ0n) is 9.87. The maximum Gasteiger partial charge on any atom is 0.339 e. The largest absolute Gasteiger partial charge is 0.504 e. The number of carbonyl (C=O) groups is 1. The molecule has 0 bridgehead atoms. The number of benzene rings is 1. The van der Waals surface area contributed by atoms with Crippen molar-refractivity contribution in [3.05, 3.63) is 23.3 Å². The Bertz CT molecular complexity index is 416. The highest BCUT2D eigenvalue weighted by Crippen LogP contribution is 2.35. The van der Waals surface area contributed by atoms with Crippen LogP contribution in [0, 0.1) is 0 Å². The summed E-state index contributed by atoms with van der Waals surface area (Å²) in [4.78, 5) is 11.0. The number of aromatic hydroxyl groups is 1. The molecule has 0 saturated heterocycles. The summed E-state index contributed by atoms with van der Waals surface area (Å²) in [6.45, 7) is 5.83. The Hall–Kier alpha value is -1.71. The molecule has 0 amide bonds. The quantitative estimate of drug-likeness (QED) is 0.809. The molecule has 0 unspecified atom stereocenters. The van der Waals surface area contributed by atoms with Crippen LogP contribution in [0.15, 0.2) is 12.1 Å². The van der Waals surface area contributed by atoms with E-state index in [2.05, 4.69) is 0 Å². The van der Waals surface area contributed by atoms with Crippen LogP contribution in [0.5, 0.6) is 11.5 Å². The minimum Gasteiger partial charge on any atom is -0.504 e. The number of carboxylic acid groups (broad SMARTS) is 1. The number of carboxylic acids is 1. The SMILES string of the molecule is COc1c(O)cc(C(C)(C)C)cc1C(=O)O. The van der Waals surface area contributed by atoms with E-state index in [1.165, 1.54) is 19.2 Å². The zero-order chi connectivity index (χ0) is 12.5. The van der Waals surface area contributed by atoms with Crippen molar-refractivity contribution in [3.63, 3.8) is 0 Å². The van der Waals surface area contributed by atoms with Gasteiger partial charge in [-0.3, -0.25) is 0 Å². The Morgan fingerprint density at radius 2 is 1.88 bits per heavy atom. The summed E-state index contributed by atoms with van der Waals surface area (Å²) in [5.41, 5.74) is 0.504. The maximum atomic E-state index is 11.0. The lowest BCUT2D eigenvalue weighted by atomic mass is 9.85. The van der Waals surface area contributed by atoms with Crippen LogP contribution in [0.1, 0.15) is 36.7 Å². The Balaban J connectivity index is 3.46. The monoisotopic (exact) mass is 224 g/mol. The third kappa shape index (κ3) is 2.27. The van der Waals surface area contributed by atoms with Gasteiger partial charge < -0.3 is 14.9 Å². The van der Waals surface area contributed by atoms with Crippen LogP contribution in [0.3, 0.4) is 0 Å². The van der Waals surface area contributed by atoms with Crippen LogP contribution in [0.4, 0.5) is 0 Å². The summed E-state index contributed by atoms with van der Waals surface area (Å²) < 4.78 is 4.87. The van der Waals surface area contributed by atoms with Gasteiger partial charge in [0.2, 0.25) is 0 Å². The summed E-state index contributed by atoms with van der Waals surface area (Å²) >= 11 is 0. The smallest absolute Gasteiger partial charge is 0.339 e. The van der Waals surface area contributed by atoms with Crippen molar-refractivity contribution in [2.45, 2.75) is 26.2 Å². The minimum absolute atomic E-state index is 0.000463. The number of phenolic OH excluding ortho intramolecular Hbond substituents is 1. The lowest BCUT2D eigenvalue weighted by Crippen LogP contribution is -2.13. The van der Waals surface area contributed by atoms with Gasteiger partial charge in [-0.2, -0.15) is 0 Å². The molecule has 0 spiro atoms. The molecule has 2 N–H and O–H groups in total. The second-order valence-electron chi connectivity index (χ2n) is 4.63. The van der Waals surface area contributed by atoms with Crippen molar-refractivity contribution < 1.29 is 19.7 Å². The van der Waals surface area contributed by atoms with Gasteiger partial charge in [-0.1, -0.05) is 20.8 Å². The van der Waals surface area contributed by atoms with Gasteiger partial charge >= 0.3 is 5.97 Å². The number of hydrogen-bond donors (Lipinski definition) is 2. The lowest BCUT2D eigenvalue weighted by molar-refractivity contribution is 0.0692. The summed E-state index contributed by atoms with van der Waals surface area (Å²) in [5, 5.41) is 18.7. The van der Waals surface area contributed by atoms with E-state index in [4.69, 9.17) is 9.84 Å². The highest BCUT2D eigenvalue weighted by Gasteiger charge is 2.22. The molecule has 1 aromatic rings. The van der Waals surface area contributed by atoms with Gasteiger partial charge in [0, 0.05) is 0 Å². The van der Waals surface area contributed by atoms with E-state index in [-0.39, 0.29) is 22.5 Å². The molecule has 0 atom stereocenters. The van der Waals surface area contributed by atoms with Crippen molar-refractivity contribution in [2.24, 2.45) is 0 Å². The third-order valence-electron chi connectivity index (χ3n) is 2.37. The molecule has 0 fully saturated rings. The molecule has 0 radical (unpaired) electrons. The van der Waals surface area contributed by atoms with E-state index in [1.807, 2.05) is 20.8 Å². The summed E-state index contributed by atoms with van der Waals surface area (Å²) in [6, 6.07) is 3.06. The van der Waals surface area contributed by atoms with E-state index in [0.29, 0.717) is 0 Å². The summed E-state index contributed by atoms with van der Waals surface area (Å²) in [7, 11) is 1.33. The summed E-state index contributed by atoms with van der Waals surface area (Å²) in [5.74, 6) is -1.26. The molecule has 0 aliphatic carbocycles. The predicted octanol–water partition coefficient (Wildman–Crippen LogP) is 2.40. The maximum absolute atomic E-state index is 11.0. The van der Waals surface area contributed by atoms with Crippen molar-refractivity contribution in [2.75, 3.05) is 7.11 Å². The van der Waals surface area contributed by atoms with E-state index < -0.39 is 5.97 Å². The topological polar surface area (TPSA) is 66.8 Å². The van der Waals surface area contributed by atoms with Crippen LogP contribution in [0.2, 0.25) is 0 Å². The van der Waals surface area contributed by atoms with Gasteiger partial charge in [0.25, 0.3) is 0 Å². The van der Waals surface area contributed by atoms with Gasteiger partial charge in [0.15, 0.2) is 11.5 Å². The lowest BCUT2D eigenvalue weighted by Gasteiger charge is -2.21. The number of rotatable bonds is 2. The van der Waals surface area contributed by atoms with Gasteiger partial charge in [-0.05, 0) is 23.1 Å². The fourth-order valence-corrected chi connectivity index (χ4v) is 1.42. The Morgan fingerprint density at radius 1 is 1.31 bits per heavy atom. The second-order valence-corrected chi connectivity index (χ2v) is 4.63.